The lowest BCUT2D eigenvalue weighted by Crippen LogP contribution is -2.52. The van der Waals surface area contributed by atoms with E-state index < -0.39 is 0 Å². The second-order valence-electron chi connectivity index (χ2n) is 5.36. The Morgan fingerprint density at radius 3 is 2.92 bits per heavy atom. The first-order valence-corrected chi connectivity index (χ1v) is 5.57. The van der Waals surface area contributed by atoms with Crippen molar-refractivity contribution in [2.75, 3.05) is 0 Å². The topological polar surface area (TPSA) is 26.0 Å². The van der Waals surface area contributed by atoms with E-state index in [1.165, 1.54) is 44.9 Å². The molecule has 4 atom stereocenters. The number of hydrogen-bond acceptors (Lipinski definition) is 1. The van der Waals surface area contributed by atoms with Crippen LogP contribution < -0.4 is 5.73 Å². The average Bonchev–Trinajstić information content (AvgIpc) is 2.49. The summed E-state index contributed by atoms with van der Waals surface area (Å²) in [5, 5.41) is 0. The van der Waals surface area contributed by atoms with Gasteiger partial charge in [0.25, 0.3) is 0 Å². The van der Waals surface area contributed by atoms with Crippen molar-refractivity contribution in [3.05, 3.63) is 0 Å². The SMILES string of the molecule is N[C@@]12CCC[C@@H](C1)[C@H]1CC[C@@H]2C1. The third-order valence-electron chi connectivity index (χ3n) is 4.81. The van der Waals surface area contributed by atoms with Crippen LogP contribution in [-0.4, -0.2) is 5.54 Å². The summed E-state index contributed by atoms with van der Waals surface area (Å²) in [5.41, 5.74) is 6.77. The van der Waals surface area contributed by atoms with Crippen molar-refractivity contribution in [2.45, 2.75) is 50.5 Å². The van der Waals surface area contributed by atoms with E-state index in [-0.39, 0.29) is 5.54 Å². The number of nitrogens with two attached hydrogens (primary N) is 1. The van der Waals surface area contributed by atoms with E-state index in [4.69, 9.17) is 5.73 Å². The van der Waals surface area contributed by atoms with Crippen LogP contribution in [-0.2, 0) is 0 Å². The number of rotatable bonds is 0. The first kappa shape index (κ1) is 7.37. The maximum atomic E-state index is 6.48. The summed E-state index contributed by atoms with van der Waals surface area (Å²) < 4.78 is 0. The van der Waals surface area contributed by atoms with Gasteiger partial charge in [-0.05, 0) is 49.9 Å². The largest absolute Gasteiger partial charge is 0.325 e. The van der Waals surface area contributed by atoms with Gasteiger partial charge in [-0.2, -0.15) is 0 Å². The lowest BCUT2D eigenvalue weighted by atomic mass is 9.62. The van der Waals surface area contributed by atoms with Crippen molar-refractivity contribution in [1.29, 1.82) is 0 Å². The quantitative estimate of drug-likeness (QED) is 0.585. The highest BCUT2D eigenvalue weighted by Gasteiger charge is 2.50. The van der Waals surface area contributed by atoms with Gasteiger partial charge in [-0.15, -0.1) is 0 Å². The standard InChI is InChI=1S/C11H19N/c12-11-5-1-2-9(7-11)8-3-4-10(11)6-8/h8-10H,1-7,12H2/t8-,9-,10+,11-/m0/s1. The van der Waals surface area contributed by atoms with Crippen LogP contribution in [0.2, 0.25) is 0 Å². The second kappa shape index (κ2) is 2.25. The minimum Gasteiger partial charge on any atom is -0.325 e. The molecule has 1 heteroatoms. The fourth-order valence-electron chi connectivity index (χ4n) is 4.13. The number of fused-ring (bicyclic) bond motifs is 6. The zero-order valence-corrected chi connectivity index (χ0v) is 7.76. The van der Waals surface area contributed by atoms with Crippen LogP contribution in [0.1, 0.15) is 44.9 Å². The number of hydrogen-bond donors (Lipinski definition) is 1. The van der Waals surface area contributed by atoms with Crippen LogP contribution >= 0.6 is 0 Å². The highest BCUT2D eigenvalue weighted by atomic mass is 14.8. The predicted octanol–water partition coefficient (Wildman–Crippen LogP) is 2.30. The highest BCUT2D eigenvalue weighted by Crippen LogP contribution is 2.54. The van der Waals surface area contributed by atoms with Gasteiger partial charge in [0, 0.05) is 5.54 Å². The van der Waals surface area contributed by atoms with Gasteiger partial charge in [-0.3, -0.25) is 0 Å². The molecule has 0 aromatic carbocycles. The van der Waals surface area contributed by atoms with E-state index in [0.29, 0.717) is 0 Å². The van der Waals surface area contributed by atoms with Crippen molar-refractivity contribution in [1.82, 2.24) is 0 Å². The second-order valence-corrected chi connectivity index (χ2v) is 5.36. The maximum Gasteiger partial charge on any atom is 0.0185 e. The molecule has 3 aliphatic carbocycles. The molecular weight excluding hydrogens is 146 g/mol. The molecule has 0 spiro atoms. The fourth-order valence-corrected chi connectivity index (χ4v) is 4.13. The van der Waals surface area contributed by atoms with Crippen LogP contribution in [0.15, 0.2) is 0 Å². The summed E-state index contributed by atoms with van der Waals surface area (Å²) in [6, 6.07) is 0. The lowest BCUT2D eigenvalue weighted by molar-refractivity contribution is 0.0838. The van der Waals surface area contributed by atoms with Crippen molar-refractivity contribution in [3.63, 3.8) is 0 Å². The zero-order chi connectivity index (χ0) is 8.18. The predicted molar refractivity (Wildman–Crippen MR) is 49.7 cm³/mol. The first-order chi connectivity index (χ1) is 5.78. The van der Waals surface area contributed by atoms with E-state index in [1.807, 2.05) is 0 Å². The van der Waals surface area contributed by atoms with E-state index in [9.17, 15) is 0 Å². The molecule has 0 heterocycles. The lowest BCUT2D eigenvalue weighted by Gasteiger charge is -2.47. The molecule has 0 radical (unpaired) electrons. The molecule has 0 amide bonds. The van der Waals surface area contributed by atoms with E-state index in [1.54, 1.807) is 0 Å². The molecule has 0 aliphatic heterocycles. The van der Waals surface area contributed by atoms with Gasteiger partial charge in [0.2, 0.25) is 0 Å². The molecular formula is C11H19N. The van der Waals surface area contributed by atoms with E-state index >= 15 is 0 Å². The van der Waals surface area contributed by atoms with Gasteiger partial charge in [0.15, 0.2) is 0 Å². The fraction of sp³-hybridized carbons (Fsp3) is 1.00. The van der Waals surface area contributed by atoms with Gasteiger partial charge >= 0.3 is 0 Å². The summed E-state index contributed by atoms with van der Waals surface area (Å²) in [5.74, 6) is 2.99. The van der Waals surface area contributed by atoms with Gasteiger partial charge < -0.3 is 5.73 Å². The molecule has 3 saturated carbocycles. The first-order valence-electron chi connectivity index (χ1n) is 5.57. The maximum absolute atomic E-state index is 6.48. The summed E-state index contributed by atoms with van der Waals surface area (Å²) in [7, 11) is 0. The Morgan fingerprint density at radius 1 is 1.08 bits per heavy atom. The molecule has 0 aromatic heterocycles. The molecule has 12 heavy (non-hydrogen) atoms. The van der Waals surface area contributed by atoms with Crippen molar-refractivity contribution in [3.8, 4) is 0 Å². The molecule has 0 aromatic rings. The minimum atomic E-state index is 0.288. The van der Waals surface area contributed by atoms with Gasteiger partial charge in [0.1, 0.15) is 0 Å². The van der Waals surface area contributed by atoms with Crippen LogP contribution in [0.3, 0.4) is 0 Å². The zero-order valence-electron chi connectivity index (χ0n) is 7.76. The normalized spacial score (nSPS) is 57.2. The van der Waals surface area contributed by atoms with Gasteiger partial charge in [-0.1, -0.05) is 12.8 Å². The Morgan fingerprint density at radius 2 is 2.00 bits per heavy atom. The Bertz CT molecular complexity index is 201. The van der Waals surface area contributed by atoms with Crippen molar-refractivity contribution >= 4 is 0 Å². The third kappa shape index (κ3) is 0.834. The molecule has 3 fully saturated rings. The van der Waals surface area contributed by atoms with Gasteiger partial charge in [-0.25, -0.2) is 0 Å². The Labute approximate surface area is 74.7 Å². The molecule has 1 nitrogen and oxygen atoms in total. The summed E-state index contributed by atoms with van der Waals surface area (Å²) >= 11 is 0. The van der Waals surface area contributed by atoms with Crippen LogP contribution in [0.25, 0.3) is 0 Å². The van der Waals surface area contributed by atoms with Crippen LogP contribution in [0.4, 0.5) is 0 Å². The smallest absolute Gasteiger partial charge is 0.0185 e. The summed E-state index contributed by atoms with van der Waals surface area (Å²) in [4.78, 5) is 0. The molecule has 0 unspecified atom stereocenters. The molecule has 4 bridgehead atoms. The van der Waals surface area contributed by atoms with E-state index in [2.05, 4.69) is 0 Å². The Hall–Kier alpha value is -0.0400. The minimum absolute atomic E-state index is 0.288. The molecule has 2 N–H and O–H groups in total. The van der Waals surface area contributed by atoms with Gasteiger partial charge in [0.05, 0.1) is 0 Å². The van der Waals surface area contributed by atoms with Crippen molar-refractivity contribution < 1.29 is 0 Å². The Balaban J connectivity index is 1.94. The monoisotopic (exact) mass is 165 g/mol. The molecule has 3 rings (SSSR count). The third-order valence-corrected chi connectivity index (χ3v) is 4.81. The average molecular weight is 165 g/mol. The Kier molecular flexibility index (Phi) is 1.39. The van der Waals surface area contributed by atoms with Crippen LogP contribution in [0, 0.1) is 17.8 Å². The molecule has 3 aliphatic rings. The van der Waals surface area contributed by atoms with Crippen molar-refractivity contribution in [2.24, 2.45) is 23.5 Å². The molecule has 68 valence electrons. The summed E-state index contributed by atoms with van der Waals surface area (Å²) in [6.45, 7) is 0. The van der Waals surface area contributed by atoms with E-state index in [0.717, 1.165) is 17.8 Å². The summed E-state index contributed by atoms with van der Waals surface area (Å²) in [6.07, 6.45) is 9.99. The molecule has 0 saturated heterocycles. The van der Waals surface area contributed by atoms with Crippen LogP contribution in [0.5, 0.6) is 0 Å². The highest BCUT2D eigenvalue weighted by molar-refractivity contribution is 5.05.